The van der Waals surface area contributed by atoms with Crippen LogP contribution < -0.4 is 15.8 Å². The molecule has 9 heteroatoms. The zero-order valence-electron chi connectivity index (χ0n) is 23.3. The average Bonchev–Trinajstić information content (AvgIpc) is 3.80. The highest BCUT2D eigenvalue weighted by molar-refractivity contribution is 6.05. The molecule has 0 radical (unpaired) electrons. The van der Waals surface area contributed by atoms with E-state index in [1.54, 1.807) is 13.0 Å². The number of hydrogen-bond donors (Lipinski definition) is 2. The Bertz CT molecular complexity index is 1560. The molecule has 1 atom stereocenters. The third-order valence-electron chi connectivity index (χ3n) is 7.49. The Kier molecular flexibility index (Phi) is 8.26. The Labute approximate surface area is 238 Å². The van der Waals surface area contributed by atoms with Crippen molar-refractivity contribution < 1.29 is 18.3 Å². The van der Waals surface area contributed by atoms with Gasteiger partial charge < -0.3 is 15.8 Å². The van der Waals surface area contributed by atoms with Crippen molar-refractivity contribution in [2.45, 2.75) is 45.2 Å². The van der Waals surface area contributed by atoms with Crippen LogP contribution in [0.2, 0.25) is 0 Å². The highest BCUT2D eigenvalue weighted by Crippen LogP contribution is 2.40. The lowest BCUT2D eigenvalue weighted by Crippen LogP contribution is -2.33. The topological polar surface area (TPSA) is 93.4 Å². The Morgan fingerprint density at radius 2 is 1.88 bits per heavy atom. The summed E-state index contributed by atoms with van der Waals surface area (Å²) in [5, 5.41) is 2.66. The van der Waals surface area contributed by atoms with Crippen molar-refractivity contribution in [2.24, 2.45) is 0 Å². The van der Waals surface area contributed by atoms with E-state index < -0.39 is 17.5 Å². The Morgan fingerprint density at radius 1 is 1.12 bits per heavy atom. The maximum absolute atomic E-state index is 14.9. The van der Waals surface area contributed by atoms with Crippen LogP contribution >= 0.6 is 0 Å². The van der Waals surface area contributed by atoms with Crippen molar-refractivity contribution in [1.29, 1.82) is 0 Å². The molecule has 3 aromatic carbocycles. The molecule has 0 saturated heterocycles. The van der Waals surface area contributed by atoms with E-state index in [0.717, 1.165) is 24.9 Å². The van der Waals surface area contributed by atoms with E-state index in [1.165, 1.54) is 36.2 Å². The molecule has 212 valence electrons. The number of halogens is 2. The lowest BCUT2D eigenvalue weighted by atomic mass is 10.0. The van der Waals surface area contributed by atoms with Crippen LogP contribution in [0, 0.1) is 18.6 Å². The molecule has 41 heavy (non-hydrogen) atoms. The van der Waals surface area contributed by atoms with E-state index >= 15 is 0 Å². The molecular formula is C32H33F2N5O2. The summed E-state index contributed by atoms with van der Waals surface area (Å²) in [6, 6.07) is 17.2. The van der Waals surface area contributed by atoms with E-state index in [0.29, 0.717) is 22.7 Å². The van der Waals surface area contributed by atoms with Crippen molar-refractivity contribution in [3.05, 3.63) is 101 Å². The summed E-state index contributed by atoms with van der Waals surface area (Å²) < 4.78 is 35.8. The lowest BCUT2D eigenvalue weighted by Gasteiger charge is -2.25. The number of benzene rings is 3. The molecule has 1 saturated carbocycles. The molecule has 1 aromatic heterocycles. The smallest absolute Gasteiger partial charge is 0.258 e. The first kappa shape index (κ1) is 28.2. The molecule has 1 amide bonds. The van der Waals surface area contributed by atoms with Gasteiger partial charge in [-0.05, 0) is 80.6 Å². The monoisotopic (exact) mass is 557 g/mol. The normalized spacial score (nSPS) is 13.7. The third kappa shape index (κ3) is 6.52. The number of nitrogens with one attached hydrogen (secondary N) is 1. The van der Waals surface area contributed by atoms with E-state index in [2.05, 4.69) is 32.3 Å². The SMILES string of the molecule is Cc1c(NC(=O)c2ccc(C3CC3)cc2F)cc(F)cc1-c1ncnc(N)c1OC[C@H](C)N(C)Cc1ccccc1. The first-order valence-electron chi connectivity index (χ1n) is 13.6. The molecule has 5 rings (SSSR count). The standard InChI is InChI=1S/C32H33F2N5O2/c1-19(39(3)16-21-7-5-4-6-8-21)17-41-30-29(36-18-37-31(30)35)26-14-24(33)15-28(20(26)2)38-32(40)25-12-11-23(13-27(25)34)22-9-10-22/h4-8,11-15,18-19,22H,9-10,16-17H2,1-3H3,(H,38,40)(H2,35,36,37)/t19-/m0/s1. The summed E-state index contributed by atoms with van der Waals surface area (Å²) in [6.45, 7) is 4.76. The van der Waals surface area contributed by atoms with Crippen LogP contribution in [-0.4, -0.2) is 40.5 Å². The largest absolute Gasteiger partial charge is 0.486 e. The van der Waals surface area contributed by atoms with Gasteiger partial charge in [-0.3, -0.25) is 9.69 Å². The van der Waals surface area contributed by atoms with Gasteiger partial charge in [0.15, 0.2) is 11.6 Å². The summed E-state index contributed by atoms with van der Waals surface area (Å²) in [4.78, 5) is 23.6. The van der Waals surface area contributed by atoms with Crippen molar-refractivity contribution in [2.75, 3.05) is 24.7 Å². The number of rotatable bonds is 10. The average molecular weight is 558 g/mol. The van der Waals surface area contributed by atoms with Crippen molar-refractivity contribution in [1.82, 2.24) is 14.9 Å². The van der Waals surface area contributed by atoms with Crippen LogP contribution in [0.1, 0.15) is 52.7 Å². The van der Waals surface area contributed by atoms with Gasteiger partial charge >= 0.3 is 0 Å². The van der Waals surface area contributed by atoms with Crippen LogP contribution in [-0.2, 0) is 6.54 Å². The molecule has 7 nitrogen and oxygen atoms in total. The molecule has 1 aliphatic rings. The molecule has 0 aliphatic heterocycles. The number of ether oxygens (including phenoxy) is 1. The minimum absolute atomic E-state index is 0.00678. The number of amides is 1. The summed E-state index contributed by atoms with van der Waals surface area (Å²) in [6.07, 6.45) is 3.33. The second-order valence-electron chi connectivity index (χ2n) is 10.6. The predicted molar refractivity (Wildman–Crippen MR) is 156 cm³/mol. The van der Waals surface area contributed by atoms with Gasteiger partial charge in [-0.25, -0.2) is 18.7 Å². The first-order chi connectivity index (χ1) is 19.7. The summed E-state index contributed by atoms with van der Waals surface area (Å²) >= 11 is 0. The van der Waals surface area contributed by atoms with Crippen LogP contribution in [0.4, 0.5) is 20.3 Å². The van der Waals surface area contributed by atoms with Crippen LogP contribution in [0.15, 0.2) is 67.0 Å². The van der Waals surface area contributed by atoms with Crippen molar-refractivity contribution in [3.63, 3.8) is 0 Å². The van der Waals surface area contributed by atoms with Crippen LogP contribution in [0.5, 0.6) is 5.75 Å². The summed E-state index contributed by atoms with van der Waals surface area (Å²) in [7, 11) is 2.00. The fourth-order valence-electron chi connectivity index (χ4n) is 4.71. The number of nitrogens with zero attached hydrogens (tertiary/aromatic N) is 3. The first-order valence-corrected chi connectivity index (χ1v) is 13.6. The molecule has 1 heterocycles. The van der Waals surface area contributed by atoms with Gasteiger partial charge in [0.1, 0.15) is 30.3 Å². The number of anilines is 2. The van der Waals surface area contributed by atoms with Crippen LogP contribution in [0.25, 0.3) is 11.3 Å². The number of carbonyl (C=O) groups is 1. The fraction of sp³-hybridized carbons (Fsp3) is 0.281. The number of carbonyl (C=O) groups excluding carboxylic acids is 1. The number of hydrogen-bond acceptors (Lipinski definition) is 6. The number of aromatic nitrogens is 2. The molecule has 0 spiro atoms. The van der Waals surface area contributed by atoms with Gasteiger partial charge in [0, 0.05) is 23.8 Å². The number of likely N-dealkylation sites (N-methyl/N-ethyl adjacent to an activating group) is 1. The Morgan fingerprint density at radius 3 is 2.59 bits per heavy atom. The molecule has 1 aliphatic carbocycles. The number of nitrogens with two attached hydrogens (primary N) is 1. The molecule has 4 aromatic rings. The van der Waals surface area contributed by atoms with Crippen molar-refractivity contribution in [3.8, 4) is 17.0 Å². The maximum Gasteiger partial charge on any atom is 0.258 e. The summed E-state index contributed by atoms with van der Waals surface area (Å²) in [5.74, 6) is -1.19. The molecule has 0 bridgehead atoms. The fourth-order valence-corrected chi connectivity index (χ4v) is 4.71. The minimum atomic E-state index is -0.668. The molecule has 3 N–H and O–H groups in total. The van der Waals surface area contributed by atoms with Gasteiger partial charge in [0.2, 0.25) is 0 Å². The lowest BCUT2D eigenvalue weighted by molar-refractivity contribution is 0.102. The molecule has 1 fully saturated rings. The van der Waals surface area contributed by atoms with E-state index in [4.69, 9.17) is 10.5 Å². The highest BCUT2D eigenvalue weighted by atomic mass is 19.1. The third-order valence-corrected chi connectivity index (χ3v) is 7.49. The quantitative estimate of drug-likeness (QED) is 0.236. The van der Waals surface area contributed by atoms with Gasteiger partial charge in [0.25, 0.3) is 5.91 Å². The van der Waals surface area contributed by atoms with E-state index in [-0.39, 0.29) is 35.5 Å². The molecular weight excluding hydrogens is 524 g/mol. The number of nitrogen functional groups attached to an aromatic ring is 1. The van der Waals surface area contributed by atoms with E-state index in [9.17, 15) is 13.6 Å². The Balaban J connectivity index is 1.36. The van der Waals surface area contributed by atoms with Crippen LogP contribution in [0.3, 0.4) is 0 Å². The van der Waals surface area contributed by atoms with Gasteiger partial charge in [-0.1, -0.05) is 36.4 Å². The van der Waals surface area contributed by atoms with Gasteiger partial charge in [-0.2, -0.15) is 0 Å². The zero-order chi connectivity index (χ0) is 29.1. The second kappa shape index (κ2) is 12.0. The maximum atomic E-state index is 14.9. The minimum Gasteiger partial charge on any atom is -0.486 e. The Hall–Kier alpha value is -4.37. The summed E-state index contributed by atoms with van der Waals surface area (Å²) in [5.41, 5.74) is 9.52. The highest BCUT2D eigenvalue weighted by Gasteiger charge is 2.26. The second-order valence-corrected chi connectivity index (χ2v) is 10.6. The van der Waals surface area contributed by atoms with E-state index in [1.807, 2.05) is 32.2 Å². The van der Waals surface area contributed by atoms with Crippen molar-refractivity contribution >= 4 is 17.4 Å². The van der Waals surface area contributed by atoms with Gasteiger partial charge in [0.05, 0.1) is 5.56 Å². The predicted octanol–water partition coefficient (Wildman–Crippen LogP) is 6.34. The van der Waals surface area contributed by atoms with Gasteiger partial charge in [-0.15, -0.1) is 0 Å². The molecule has 0 unspecified atom stereocenters. The zero-order valence-corrected chi connectivity index (χ0v) is 23.3.